The van der Waals surface area contributed by atoms with E-state index >= 15 is 0 Å². The van der Waals surface area contributed by atoms with Crippen molar-refractivity contribution in [1.29, 1.82) is 0 Å². The van der Waals surface area contributed by atoms with Gasteiger partial charge in [-0.15, -0.1) is 0 Å². The zero-order chi connectivity index (χ0) is 18.5. The summed E-state index contributed by atoms with van der Waals surface area (Å²) in [5, 5.41) is 8.01. The number of carbonyl (C=O) groups is 1. The van der Waals surface area contributed by atoms with Gasteiger partial charge in [0.25, 0.3) is 0 Å². The first kappa shape index (κ1) is 17.7. The molecule has 3 rings (SSSR count). The van der Waals surface area contributed by atoms with Gasteiger partial charge in [0, 0.05) is 13.1 Å². The number of nitrogens with one attached hydrogen (secondary N) is 1. The molecule has 8 heteroatoms. The Kier molecular flexibility index (Phi) is 5.31. The highest BCUT2D eigenvalue weighted by Crippen LogP contribution is 2.24. The van der Waals surface area contributed by atoms with Gasteiger partial charge >= 0.3 is 0 Å². The number of fused-ring (bicyclic) bond motifs is 1. The minimum atomic E-state index is -0.206. The van der Waals surface area contributed by atoms with Crippen molar-refractivity contribution in [3.05, 3.63) is 36.8 Å². The first-order valence-corrected chi connectivity index (χ1v) is 8.52. The van der Waals surface area contributed by atoms with E-state index in [1.165, 1.54) is 6.33 Å². The summed E-state index contributed by atoms with van der Waals surface area (Å²) in [6.07, 6.45) is 3.21. The Balaban J connectivity index is 1.83. The fraction of sp³-hybridized carbons (Fsp3) is 0.333. The van der Waals surface area contributed by atoms with Crippen molar-refractivity contribution in [2.75, 3.05) is 30.4 Å². The lowest BCUT2D eigenvalue weighted by atomic mass is 10.3. The Labute approximate surface area is 151 Å². The summed E-state index contributed by atoms with van der Waals surface area (Å²) in [5.41, 5.74) is 1.26. The highest BCUT2D eigenvalue weighted by molar-refractivity contribution is 5.93. The van der Waals surface area contributed by atoms with Crippen LogP contribution in [0.25, 0.3) is 11.0 Å². The smallest absolute Gasteiger partial charge is 0.246 e. The first-order chi connectivity index (χ1) is 12.7. The monoisotopic (exact) mass is 354 g/mol. The molecule has 0 bridgehead atoms. The predicted molar refractivity (Wildman–Crippen MR) is 101 cm³/mol. The molecule has 0 radical (unpaired) electrons. The van der Waals surface area contributed by atoms with E-state index in [4.69, 9.17) is 4.74 Å². The molecule has 1 amide bonds. The van der Waals surface area contributed by atoms with Crippen molar-refractivity contribution in [2.45, 2.75) is 20.4 Å². The van der Waals surface area contributed by atoms with E-state index in [1.807, 2.05) is 12.1 Å². The van der Waals surface area contributed by atoms with E-state index in [2.05, 4.69) is 39.1 Å². The van der Waals surface area contributed by atoms with Crippen LogP contribution >= 0.6 is 0 Å². The normalized spacial score (nSPS) is 10.7. The second kappa shape index (κ2) is 7.81. The maximum absolute atomic E-state index is 12.4. The topological polar surface area (TPSA) is 85.2 Å². The SMILES string of the molecule is CCN(CC)c1ncnc2c1cnn2CC(=O)Nc1ccccc1OC. The number of ether oxygens (including phenoxy) is 1. The Morgan fingerprint density at radius 2 is 2.00 bits per heavy atom. The molecule has 0 saturated carbocycles. The zero-order valence-electron chi connectivity index (χ0n) is 15.1. The van der Waals surface area contributed by atoms with Crippen LogP contribution in [0.15, 0.2) is 36.8 Å². The van der Waals surface area contributed by atoms with Crippen LogP contribution in [0.1, 0.15) is 13.8 Å². The number of carbonyl (C=O) groups excluding carboxylic acids is 1. The lowest BCUT2D eigenvalue weighted by Gasteiger charge is -2.19. The summed E-state index contributed by atoms with van der Waals surface area (Å²) in [4.78, 5) is 23.3. The third kappa shape index (κ3) is 3.44. The van der Waals surface area contributed by atoms with Gasteiger partial charge in [-0.05, 0) is 26.0 Å². The van der Waals surface area contributed by atoms with Crippen LogP contribution in [0.5, 0.6) is 5.75 Å². The molecule has 0 fully saturated rings. The van der Waals surface area contributed by atoms with Gasteiger partial charge in [-0.3, -0.25) is 4.79 Å². The molecule has 0 saturated heterocycles. The molecule has 0 spiro atoms. The number of hydrogen-bond donors (Lipinski definition) is 1. The van der Waals surface area contributed by atoms with Crippen LogP contribution in [0.2, 0.25) is 0 Å². The van der Waals surface area contributed by atoms with Crippen LogP contribution in [0.4, 0.5) is 11.5 Å². The molecule has 26 heavy (non-hydrogen) atoms. The Morgan fingerprint density at radius 3 is 2.73 bits per heavy atom. The van der Waals surface area contributed by atoms with Crippen molar-refractivity contribution in [1.82, 2.24) is 19.7 Å². The predicted octanol–water partition coefficient (Wildman–Crippen LogP) is 2.32. The molecular weight excluding hydrogens is 332 g/mol. The molecule has 0 aliphatic heterocycles. The van der Waals surface area contributed by atoms with Crippen LogP contribution in [0.3, 0.4) is 0 Å². The summed E-state index contributed by atoms with van der Waals surface area (Å²) in [5.74, 6) is 1.23. The molecule has 136 valence electrons. The number of para-hydroxylation sites is 2. The summed E-state index contributed by atoms with van der Waals surface area (Å²) >= 11 is 0. The van der Waals surface area contributed by atoms with E-state index < -0.39 is 0 Å². The fourth-order valence-corrected chi connectivity index (χ4v) is 2.85. The van der Waals surface area contributed by atoms with Gasteiger partial charge in [0.05, 0.1) is 24.4 Å². The second-order valence-corrected chi connectivity index (χ2v) is 5.66. The second-order valence-electron chi connectivity index (χ2n) is 5.66. The van der Waals surface area contributed by atoms with Gasteiger partial charge in [-0.25, -0.2) is 14.6 Å². The third-order valence-electron chi connectivity index (χ3n) is 4.15. The van der Waals surface area contributed by atoms with Gasteiger partial charge in [0.1, 0.15) is 24.4 Å². The molecule has 1 N–H and O–H groups in total. The van der Waals surface area contributed by atoms with Crippen molar-refractivity contribution >= 4 is 28.4 Å². The number of nitrogens with zero attached hydrogens (tertiary/aromatic N) is 5. The number of anilines is 2. The average molecular weight is 354 g/mol. The summed E-state index contributed by atoms with van der Waals surface area (Å²) in [6.45, 7) is 5.87. The maximum atomic E-state index is 12.4. The van der Waals surface area contributed by atoms with E-state index in [0.717, 1.165) is 24.3 Å². The van der Waals surface area contributed by atoms with Gasteiger partial charge in [-0.2, -0.15) is 5.10 Å². The number of aromatic nitrogens is 4. The van der Waals surface area contributed by atoms with E-state index in [9.17, 15) is 4.79 Å². The van der Waals surface area contributed by atoms with E-state index in [0.29, 0.717) is 17.1 Å². The van der Waals surface area contributed by atoms with Crippen LogP contribution in [-0.2, 0) is 11.3 Å². The quantitative estimate of drug-likeness (QED) is 0.701. The lowest BCUT2D eigenvalue weighted by molar-refractivity contribution is -0.116. The summed E-state index contributed by atoms with van der Waals surface area (Å²) in [7, 11) is 1.57. The van der Waals surface area contributed by atoms with Gasteiger partial charge in [0.15, 0.2) is 5.65 Å². The zero-order valence-corrected chi connectivity index (χ0v) is 15.1. The highest BCUT2D eigenvalue weighted by Gasteiger charge is 2.15. The lowest BCUT2D eigenvalue weighted by Crippen LogP contribution is -2.23. The van der Waals surface area contributed by atoms with E-state index in [-0.39, 0.29) is 12.5 Å². The fourth-order valence-electron chi connectivity index (χ4n) is 2.85. The molecule has 0 aliphatic carbocycles. The van der Waals surface area contributed by atoms with Gasteiger partial charge in [0.2, 0.25) is 5.91 Å². The summed E-state index contributed by atoms with van der Waals surface area (Å²) < 4.78 is 6.83. The van der Waals surface area contributed by atoms with Crippen molar-refractivity contribution < 1.29 is 9.53 Å². The molecule has 0 unspecified atom stereocenters. The number of methoxy groups -OCH3 is 1. The maximum Gasteiger partial charge on any atom is 0.246 e. The van der Waals surface area contributed by atoms with Crippen molar-refractivity contribution in [3.63, 3.8) is 0 Å². The number of benzene rings is 1. The van der Waals surface area contributed by atoms with Crippen molar-refractivity contribution in [2.24, 2.45) is 0 Å². The van der Waals surface area contributed by atoms with Crippen molar-refractivity contribution in [3.8, 4) is 5.75 Å². The molecule has 0 aliphatic rings. The van der Waals surface area contributed by atoms with E-state index in [1.54, 1.807) is 30.1 Å². The molecule has 3 aromatic rings. The van der Waals surface area contributed by atoms with Crippen LogP contribution < -0.4 is 15.0 Å². The standard InChI is InChI=1S/C18H22N6O2/c1-4-23(5-2)17-13-10-21-24(18(13)20-12-19-17)11-16(25)22-14-8-6-7-9-15(14)26-3/h6-10,12H,4-5,11H2,1-3H3,(H,22,25). The van der Waals surface area contributed by atoms with Gasteiger partial charge < -0.3 is 15.0 Å². The number of rotatable bonds is 7. The molecule has 0 atom stereocenters. The first-order valence-electron chi connectivity index (χ1n) is 8.52. The van der Waals surface area contributed by atoms with Crippen LogP contribution in [-0.4, -0.2) is 45.9 Å². The molecule has 8 nitrogen and oxygen atoms in total. The minimum Gasteiger partial charge on any atom is -0.495 e. The highest BCUT2D eigenvalue weighted by atomic mass is 16.5. The largest absolute Gasteiger partial charge is 0.495 e. The molecule has 2 aromatic heterocycles. The molecule has 2 heterocycles. The Hall–Kier alpha value is -3.16. The number of amides is 1. The Morgan fingerprint density at radius 1 is 1.23 bits per heavy atom. The molecular formula is C18H22N6O2. The van der Waals surface area contributed by atoms with Crippen LogP contribution in [0, 0.1) is 0 Å². The third-order valence-corrected chi connectivity index (χ3v) is 4.15. The molecule has 1 aromatic carbocycles. The summed E-state index contributed by atoms with van der Waals surface area (Å²) in [6, 6.07) is 7.27. The Bertz CT molecular complexity index is 904. The van der Waals surface area contributed by atoms with Gasteiger partial charge in [-0.1, -0.05) is 12.1 Å². The average Bonchev–Trinajstić information content (AvgIpc) is 3.07. The minimum absolute atomic E-state index is 0.0518. The number of hydrogen-bond acceptors (Lipinski definition) is 6.